The minimum Gasteiger partial charge on any atom is -0.195 e. The molecule has 0 fully saturated rings. The van der Waals surface area contributed by atoms with E-state index in [0.717, 1.165) is 0 Å². The minimum atomic E-state index is -4.18. The van der Waals surface area contributed by atoms with Crippen molar-refractivity contribution in [2.24, 2.45) is 0 Å². The van der Waals surface area contributed by atoms with E-state index in [1.54, 1.807) is 22.6 Å². The molecule has 0 N–H and O–H groups in total. The summed E-state index contributed by atoms with van der Waals surface area (Å²) in [5, 5.41) is 0. The maximum absolute atomic E-state index is 11.4. The van der Waals surface area contributed by atoms with Gasteiger partial charge in [-0.05, 0) is 0 Å². The third-order valence-electron chi connectivity index (χ3n) is 0.321. The fraction of sp³-hybridized carbons (Fsp3) is 1.00. The van der Waals surface area contributed by atoms with Crippen LogP contribution in [0.4, 0.5) is 3.89 Å². The Labute approximate surface area is 55.5 Å². The van der Waals surface area contributed by atoms with Gasteiger partial charge in [0.25, 0.3) is 0 Å². The van der Waals surface area contributed by atoms with Crippen molar-refractivity contribution < 1.29 is 12.3 Å². The van der Waals surface area contributed by atoms with Gasteiger partial charge in [0.2, 0.25) is 0 Å². The second-order valence-electron chi connectivity index (χ2n) is 0.932. The molecular weight excluding hydrogens is 234 g/mol. The molecule has 0 bridgehead atoms. The smallest absolute Gasteiger partial charge is 0.195 e. The second kappa shape index (κ2) is 2.81. The predicted octanol–water partition coefficient (Wildman–Crippen LogP) is 0.721. The van der Waals surface area contributed by atoms with Gasteiger partial charge < -0.3 is 0 Å². The Bertz CT molecular complexity index is 129. The van der Waals surface area contributed by atoms with Gasteiger partial charge in [-0.3, -0.25) is 0 Å². The molecule has 2 nitrogen and oxygen atoms in total. The maximum atomic E-state index is 11.4. The lowest BCUT2D eigenvalue weighted by Gasteiger charge is -1.81. The summed E-state index contributed by atoms with van der Waals surface area (Å²) in [5.74, 6) is -0.368. The predicted molar refractivity (Wildman–Crippen MR) is 33.8 cm³/mol. The Kier molecular flexibility index (Phi) is 3.05. The van der Waals surface area contributed by atoms with Crippen LogP contribution >= 0.6 is 22.6 Å². The maximum Gasteiger partial charge on any atom is 0.303 e. The zero-order chi connectivity index (χ0) is 5.91. The van der Waals surface area contributed by atoms with Gasteiger partial charge in [0.15, 0.2) is 0 Å². The van der Waals surface area contributed by atoms with E-state index in [4.69, 9.17) is 0 Å². The molecule has 0 aliphatic heterocycles. The number of hydrogen-bond donors (Lipinski definition) is 0. The van der Waals surface area contributed by atoms with Crippen molar-refractivity contribution in [3.63, 3.8) is 0 Å². The Morgan fingerprint density at radius 3 is 2.00 bits per heavy atom. The summed E-state index contributed by atoms with van der Waals surface area (Å²) >= 11 is 1.79. The van der Waals surface area contributed by atoms with Crippen LogP contribution in [0.15, 0.2) is 0 Å². The third-order valence-corrected chi connectivity index (χ3v) is 2.28. The monoisotopic (exact) mass is 238 g/mol. The fourth-order valence-corrected chi connectivity index (χ4v) is 1.85. The standard InChI is InChI=1S/C2H4FIO2S/c3-7(5,6)2-1-4/h1-2H2. The van der Waals surface area contributed by atoms with E-state index < -0.39 is 10.2 Å². The van der Waals surface area contributed by atoms with E-state index in [9.17, 15) is 12.3 Å². The molecule has 0 unspecified atom stereocenters. The van der Waals surface area contributed by atoms with Crippen molar-refractivity contribution in [1.29, 1.82) is 0 Å². The Morgan fingerprint density at radius 1 is 1.57 bits per heavy atom. The summed E-state index contributed by atoms with van der Waals surface area (Å²) in [5.41, 5.74) is 0. The molecule has 0 spiro atoms. The zero-order valence-electron chi connectivity index (χ0n) is 3.39. The molecule has 44 valence electrons. The average Bonchev–Trinajstić information content (AvgIpc) is 1.30. The van der Waals surface area contributed by atoms with Crippen LogP contribution in [0.5, 0.6) is 0 Å². The van der Waals surface area contributed by atoms with E-state index in [0.29, 0.717) is 4.43 Å². The van der Waals surface area contributed by atoms with Crippen LogP contribution in [-0.2, 0) is 10.2 Å². The molecule has 0 atom stereocenters. The van der Waals surface area contributed by atoms with Crippen molar-refractivity contribution >= 4 is 32.8 Å². The molecule has 0 amide bonds. The molecule has 0 heterocycles. The Morgan fingerprint density at radius 2 is 2.00 bits per heavy atom. The van der Waals surface area contributed by atoms with Gasteiger partial charge in [-0.2, -0.15) is 8.42 Å². The first-order valence-electron chi connectivity index (χ1n) is 1.54. The van der Waals surface area contributed by atoms with Crippen molar-refractivity contribution in [2.75, 3.05) is 10.2 Å². The largest absolute Gasteiger partial charge is 0.303 e. The highest BCUT2D eigenvalue weighted by Crippen LogP contribution is 1.92. The first kappa shape index (κ1) is 7.61. The number of hydrogen-bond acceptors (Lipinski definition) is 2. The minimum absolute atomic E-state index is 0.316. The third kappa shape index (κ3) is 6.61. The SMILES string of the molecule is O=S(=O)(F)CCI. The molecule has 0 aromatic carbocycles. The molecule has 7 heavy (non-hydrogen) atoms. The molecule has 0 saturated carbocycles. The van der Waals surface area contributed by atoms with Crippen LogP contribution in [0, 0.1) is 0 Å². The van der Waals surface area contributed by atoms with Crippen LogP contribution in [0.25, 0.3) is 0 Å². The van der Waals surface area contributed by atoms with E-state index in [-0.39, 0.29) is 5.75 Å². The van der Waals surface area contributed by atoms with Gasteiger partial charge in [-0.1, -0.05) is 22.6 Å². The van der Waals surface area contributed by atoms with Crippen LogP contribution < -0.4 is 0 Å². The van der Waals surface area contributed by atoms with E-state index in [2.05, 4.69) is 0 Å². The second-order valence-corrected chi connectivity index (χ2v) is 3.50. The highest BCUT2D eigenvalue weighted by Gasteiger charge is 2.02. The van der Waals surface area contributed by atoms with Crippen molar-refractivity contribution in [1.82, 2.24) is 0 Å². The molecule has 0 aromatic rings. The van der Waals surface area contributed by atoms with Gasteiger partial charge in [-0.15, -0.1) is 3.89 Å². The highest BCUT2D eigenvalue weighted by molar-refractivity contribution is 14.1. The first-order valence-corrected chi connectivity index (χ1v) is 4.62. The lowest BCUT2D eigenvalue weighted by Crippen LogP contribution is -1.97. The Balaban J connectivity index is 3.60. The first-order chi connectivity index (χ1) is 3.06. The van der Waals surface area contributed by atoms with E-state index in [1.807, 2.05) is 0 Å². The Hall–Kier alpha value is 0.610. The molecule has 5 heteroatoms. The summed E-state index contributed by atoms with van der Waals surface area (Å²) in [6, 6.07) is 0. The van der Waals surface area contributed by atoms with E-state index >= 15 is 0 Å². The van der Waals surface area contributed by atoms with Crippen LogP contribution in [0.1, 0.15) is 0 Å². The van der Waals surface area contributed by atoms with Crippen molar-refractivity contribution in [3.8, 4) is 0 Å². The van der Waals surface area contributed by atoms with E-state index in [1.165, 1.54) is 0 Å². The highest BCUT2D eigenvalue weighted by atomic mass is 127. The number of rotatable bonds is 2. The summed E-state index contributed by atoms with van der Waals surface area (Å²) in [4.78, 5) is 0. The summed E-state index contributed by atoms with van der Waals surface area (Å²) in [6.07, 6.45) is 0. The average molecular weight is 238 g/mol. The normalized spacial score (nSPS) is 11.7. The summed E-state index contributed by atoms with van der Waals surface area (Å²) in [6.45, 7) is 0. The molecule has 0 rings (SSSR count). The van der Waals surface area contributed by atoms with Crippen LogP contribution in [0.3, 0.4) is 0 Å². The fourth-order valence-electron chi connectivity index (χ4n) is 0.0922. The number of alkyl halides is 1. The van der Waals surface area contributed by atoms with Gasteiger partial charge in [-0.25, -0.2) is 0 Å². The quantitative estimate of drug-likeness (QED) is 0.403. The molecule has 0 saturated heterocycles. The summed E-state index contributed by atoms with van der Waals surface area (Å²) < 4.78 is 30.8. The molecule has 0 radical (unpaired) electrons. The molecular formula is C2H4FIO2S. The molecule has 0 aliphatic rings. The lowest BCUT2D eigenvalue weighted by atomic mass is 11.0. The van der Waals surface area contributed by atoms with Gasteiger partial charge >= 0.3 is 10.2 Å². The van der Waals surface area contributed by atoms with Crippen LogP contribution in [-0.4, -0.2) is 18.6 Å². The van der Waals surface area contributed by atoms with Crippen molar-refractivity contribution in [2.45, 2.75) is 0 Å². The zero-order valence-corrected chi connectivity index (χ0v) is 6.37. The molecule has 0 aliphatic carbocycles. The van der Waals surface area contributed by atoms with Gasteiger partial charge in [0, 0.05) is 4.43 Å². The number of halogens is 2. The van der Waals surface area contributed by atoms with Crippen molar-refractivity contribution in [3.05, 3.63) is 0 Å². The van der Waals surface area contributed by atoms with Gasteiger partial charge in [0.1, 0.15) is 0 Å². The van der Waals surface area contributed by atoms with Gasteiger partial charge in [0.05, 0.1) is 5.75 Å². The van der Waals surface area contributed by atoms with Crippen LogP contribution in [0.2, 0.25) is 0 Å². The molecule has 0 aromatic heterocycles. The summed E-state index contributed by atoms with van der Waals surface area (Å²) in [7, 11) is -4.18. The lowest BCUT2D eigenvalue weighted by molar-refractivity contribution is 0.554. The topological polar surface area (TPSA) is 34.1 Å².